The Bertz CT molecular complexity index is 882. The van der Waals surface area contributed by atoms with Crippen molar-refractivity contribution < 1.29 is 14.0 Å². The van der Waals surface area contributed by atoms with Gasteiger partial charge < -0.3 is 14.0 Å². The fraction of sp³-hybridized carbons (Fsp3) is 0.263. The van der Waals surface area contributed by atoms with E-state index >= 15 is 0 Å². The van der Waals surface area contributed by atoms with Gasteiger partial charge in [-0.3, -0.25) is 4.90 Å². The van der Waals surface area contributed by atoms with Crippen LogP contribution in [0.25, 0.3) is 11.4 Å². The molecule has 0 saturated heterocycles. The van der Waals surface area contributed by atoms with Gasteiger partial charge in [-0.2, -0.15) is 4.98 Å². The standard InChI is InChI=1S/C19H20BrN3O3/c1-23(11-13-6-4-5-7-16(13)20)12-18-21-19(22-26-18)15-9-8-14(24-2)10-17(15)25-3/h4-10H,11-12H2,1-3H3. The highest BCUT2D eigenvalue weighted by atomic mass is 79.9. The van der Waals surface area contributed by atoms with Gasteiger partial charge in [0.05, 0.1) is 26.3 Å². The number of benzene rings is 2. The van der Waals surface area contributed by atoms with Crippen LogP contribution in [0.5, 0.6) is 11.5 Å². The predicted molar refractivity (Wildman–Crippen MR) is 102 cm³/mol. The molecule has 1 aromatic heterocycles. The Morgan fingerprint density at radius 3 is 2.62 bits per heavy atom. The summed E-state index contributed by atoms with van der Waals surface area (Å²) >= 11 is 3.57. The van der Waals surface area contributed by atoms with Gasteiger partial charge in [-0.25, -0.2) is 0 Å². The summed E-state index contributed by atoms with van der Waals surface area (Å²) in [5.74, 6) is 2.39. The molecule has 26 heavy (non-hydrogen) atoms. The first-order valence-corrected chi connectivity index (χ1v) is 8.87. The van der Waals surface area contributed by atoms with Crippen LogP contribution in [-0.4, -0.2) is 36.3 Å². The summed E-state index contributed by atoms with van der Waals surface area (Å²) in [5, 5.41) is 4.09. The van der Waals surface area contributed by atoms with Crippen molar-refractivity contribution in [2.24, 2.45) is 0 Å². The molecule has 0 atom stereocenters. The van der Waals surface area contributed by atoms with Crippen LogP contribution in [0.1, 0.15) is 11.5 Å². The lowest BCUT2D eigenvalue weighted by Crippen LogP contribution is -2.17. The summed E-state index contributed by atoms with van der Waals surface area (Å²) in [4.78, 5) is 6.61. The van der Waals surface area contributed by atoms with E-state index in [-0.39, 0.29) is 0 Å². The average molecular weight is 418 g/mol. The zero-order valence-electron chi connectivity index (χ0n) is 14.9. The number of rotatable bonds is 7. The van der Waals surface area contributed by atoms with Crippen molar-refractivity contribution in [3.63, 3.8) is 0 Å². The Kier molecular flexibility index (Phi) is 5.90. The van der Waals surface area contributed by atoms with Crippen LogP contribution in [0.3, 0.4) is 0 Å². The fourth-order valence-electron chi connectivity index (χ4n) is 2.62. The van der Waals surface area contributed by atoms with Crippen molar-refractivity contribution in [1.29, 1.82) is 0 Å². The van der Waals surface area contributed by atoms with Crippen molar-refractivity contribution in [2.45, 2.75) is 13.1 Å². The van der Waals surface area contributed by atoms with Gasteiger partial charge in [-0.05, 0) is 30.8 Å². The molecule has 136 valence electrons. The van der Waals surface area contributed by atoms with E-state index < -0.39 is 0 Å². The fourth-order valence-corrected chi connectivity index (χ4v) is 3.03. The number of nitrogens with zero attached hydrogens (tertiary/aromatic N) is 3. The molecule has 3 aromatic rings. The van der Waals surface area contributed by atoms with Crippen LogP contribution in [-0.2, 0) is 13.1 Å². The van der Waals surface area contributed by atoms with E-state index in [0.717, 1.165) is 16.6 Å². The molecule has 0 fully saturated rings. The second-order valence-electron chi connectivity index (χ2n) is 5.84. The SMILES string of the molecule is COc1ccc(-c2noc(CN(C)Cc3ccccc3Br)n2)c(OC)c1. The first-order valence-electron chi connectivity index (χ1n) is 8.07. The third-order valence-corrected chi connectivity index (χ3v) is 4.69. The summed E-state index contributed by atoms with van der Waals surface area (Å²) in [6, 6.07) is 13.6. The van der Waals surface area contributed by atoms with Gasteiger partial charge in [-0.1, -0.05) is 39.3 Å². The number of hydrogen-bond acceptors (Lipinski definition) is 6. The maximum absolute atomic E-state index is 5.41. The van der Waals surface area contributed by atoms with Crippen LogP contribution < -0.4 is 9.47 Å². The molecule has 0 spiro atoms. The smallest absolute Gasteiger partial charge is 0.241 e. The Morgan fingerprint density at radius 1 is 1.08 bits per heavy atom. The van der Waals surface area contributed by atoms with Crippen LogP contribution in [0.4, 0.5) is 0 Å². The summed E-state index contributed by atoms with van der Waals surface area (Å²) in [6.45, 7) is 1.32. The Labute approximate surface area is 160 Å². The highest BCUT2D eigenvalue weighted by Crippen LogP contribution is 2.31. The van der Waals surface area contributed by atoms with Gasteiger partial charge in [0.25, 0.3) is 0 Å². The summed E-state index contributed by atoms with van der Waals surface area (Å²) in [5.41, 5.74) is 1.96. The molecule has 6 nitrogen and oxygen atoms in total. The summed E-state index contributed by atoms with van der Waals surface area (Å²) < 4.78 is 17.1. The van der Waals surface area contributed by atoms with Crippen molar-refractivity contribution in [3.8, 4) is 22.9 Å². The number of methoxy groups -OCH3 is 2. The number of hydrogen-bond donors (Lipinski definition) is 0. The van der Waals surface area contributed by atoms with Gasteiger partial charge in [0.2, 0.25) is 11.7 Å². The molecule has 0 radical (unpaired) electrons. The largest absolute Gasteiger partial charge is 0.497 e. The highest BCUT2D eigenvalue weighted by molar-refractivity contribution is 9.10. The van der Waals surface area contributed by atoms with Crippen LogP contribution >= 0.6 is 15.9 Å². The second-order valence-corrected chi connectivity index (χ2v) is 6.70. The van der Waals surface area contributed by atoms with Crippen molar-refractivity contribution in [1.82, 2.24) is 15.0 Å². The topological polar surface area (TPSA) is 60.6 Å². The van der Waals surface area contributed by atoms with Gasteiger partial charge in [0.15, 0.2) is 0 Å². The molecule has 0 aliphatic carbocycles. The second kappa shape index (κ2) is 8.33. The molecule has 1 heterocycles. The van der Waals surface area contributed by atoms with Crippen LogP contribution in [0, 0.1) is 0 Å². The lowest BCUT2D eigenvalue weighted by Gasteiger charge is -2.15. The Balaban J connectivity index is 1.73. The van der Waals surface area contributed by atoms with Gasteiger partial charge >= 0.3 is 0 Å². The highest BCUT2D eigenvalue weighted by Gasteiger charge is 2.15. The Hall–Kier alpha value is -2.38. The molecule has 0 unspecified atom stereocenters. The lowest BCUT2D eigenvalue weighted by atomic mass is 10.2. The molecular weight excluding hydrogens is 398 g/mol. The van der Waals surface area contributed by atoms with Gasteiger partial charge in [0, 0.05) is 17.1 Å². The van der Waals surface area contributed by atoms with Gasteiger partial charge in [0.1, 0.15) is 11.5 Å². The van der Waals surface area contributed by atoms with Crippen molar-refractivity contribution in [3.05, 3.63) is 58.4 Å². The lowest BCUT2D eigenvalue weighted by molar-refractivity contribution is 0.260. The minimum Gasteiger partial charge on any atom is -0.497 e. The van der Waals surface area contributed by atoms with Crippen molar-refractivity contribution >= 4 is 15.9 Å². The molecule has 3 rings (SSSR count). The van der Waals surface area contributed by atoms with E-state index in [4.69, 9.17) is 14.0 Å². The number of ether oxygens (including phenoxy) is 2. The van der Waals surface area contributed by atoms with Gasteiger partial charge in [-0.15, -0.1) is 0 Å². The molecule has 0 aliphatic rings. The van der Waals surface area contributed by atoms with E-state index in [2.05, 4.69) is 37.0 Å². The summed E-state index contributed by atoms with van der Waals surface area (Å²) in [6.07, 6.45) is 0. The molecule has 0 amide bonds. The molecule has 2 aromatic carbocycles. The zero-order valence-corrected chi connectivity index (χ0v) is 16.5. The first kappa shape index (κ1) is 18.4. The van der Waals surface area contributed by atoms with Crippen LogP contribution in [0.15, 0.2) is 51.5 Å². The molecule has 0 saturated carbocycles. The van der Waals surface area contributed by atoms with E-state index in [9.17, 15) is 0 Å². The van der Waals surface area contributed by atoms with Crippen LogP contribution in [0.2, 0.25) is 0 Å². The third kappa shape index (κ3) is 4.23. The minimum absolute atomic E-state index is 0.494. The molecule has 0 bridgehead atoms. The maximum Gasteiger partial charge on any atom is 0.241 e. The quantitative estimate of drug-likeness (QED) is 0.575. The normalized spacial score (nSPS) is 11.0. The predicted octanol–water partition coefficient (Wildman–Crippen LogP) is 4.15. The Morgan fingerprint density at radius 2 is 1.88 bits per heavy atom. The minimum atomic E-state index is 0.494. The summed E-state index contributed by atoms with van der Waals surface area (Å²) in [7, 11) is 5.23. The molecular formula is C19H20BrN3O3. The average Bonchev–Trinajstić information content (AvgIpc) is 3.11. The van der Waals surface area contributed by atoms with E-state index in [1.165, 1.54) is 5.56 Å². The molecule has 0 N–H and O–H groups in total. The monoisotopic (exact) mass is 417 g/mol. The molecule has 7 heteroatoms. The first-order chi connectivity index (χ1) is 12.6. The zero-order chi connectivity index (χ0) is 18.5. The third-order valence-electron chi connectivity index (χ3n) is 3.92. The number of aromatic nitrogens is 2. The maximum atomic E-state index is 5.41. The molecule has 0 aliphatic heterocycles. The number of halogens is 1. The van der Waals surface area contributed by atoms with E-state index in [1.807, 2.05) is 37.4 Å². The van der Waals surface area contributed by atoms with Crippen molar-refractivity contribution in [2.75, 3.05) is 21.3 Å². The van der Waals surface area contributed by atoms with E-state index in [0.29, 0.717) is 29.8 Å². The van der Waals surface area contributed by atoms with E-state index in [1.54, 1.807) is 20.3 Å².